The van der Waals surface area contributed by atoms with Crippen LogP contribution >= 0.6 is 12.2 Å². The largest absolute Gasteiger partial charge is 0.461 e. The lowest BCUT2D eigenvalue weighted by atomic mass is 10.1. The van der Waals surface area contributed by atoms with Gasteiger partial charge in [0.25, 0.3) is 0 Å². The molecule has 0 radical (unpaired) electrons. The van der Waals surface area contributed by atoms with Crippen molar-refractivity contribution in [3.05, 3.63) is 76.8 Å². The van der Waals surface area contributed by atoms with Crippen LogP contribution in [0.5, 0.6) is 0 Å². The number of nitrogens with zero attached hydrogens (tertiary/aromatic N) is 5. The average Bonchev–Trinajstić information content (AvgIpc) is 3.27. The van der Waals surface area contributed by atoms with Gasteiger partial charge in [0, 0.05) is 48.8 Å². The van der Waals surface area contributed by atoms with Crippen LogP contribution in [0.15, 0.2) is 59.4 Å². The fourth-order valence-electron chi connectivity index (χ4n) is 3.56. The van der Waals surface area contributed by atoms with Gasteiger partial charge in [-0.2, -0.15) is 5.10 Å². The highest BCUT2D eigenvalue weighted by Crippen LogP contribution is 2.27. The van der Waals surface area contributed by atoms with E-state index in [1.54, 1.807) is 0 Å². The molecule has 0 N–H and O–H groups in total. The van der Waals surface area contributed by atoms with Gasteiger partial charge in [-0.25, -0.2) is 4.68 Å². The number of rotatable bonds is 8. The molecule has 0 atom stereocenters. The molecule has 0 aliphatic carbocycles. The molecule has 7 heteroatoms. The van der Waals surface area contributed by atoms with Gasteiger partial charge in [0.2, 0.25) is 0 Å². The first kappa shape index (κ1) is 19.5. The number of para-hydroxylation sites is 1. The Morgan fingerprint density at radius 3 is 2.76 bits per heavy atom. The highest BCUT2D eigenvalue weighted by molar-refractivity contribution is 7.71. The van der Waals surface area contributed by atoms with Crippen LogP contribution in [0, 0.1) is 4.77 Å². The number of aromatic nitrogens is 4. The van der Waals surface area contributed by atoms with E-state index in [0.29, 0.717) is 6.67 Å². The summed E-state index contributed by atoms with van der Waals surface area (Å²) in [5.41, 5.74) is 3.24. The zero-order chi connectivity index (χ0) is 20.2. The minimum atomic E-state index is 0.623. The van der Waals surface area contributed by atoms with Crippen molar-refractivity contribution in [1.82, 2.24) is 24.2 Å². The monoisotopic (exact) mass is 407 g/mol. The van der Waals surface area contributed by atoms with Crippen LogP contribution < -0.4 is 0 Å². The lowest BCUT2D eigenvalue weighted by Gasteiger charge is -2.16. The molecule has 0 unspecified atom stereocenters. The molecule has 6 nitrogen and oxygen atoms in total. The van der Waals surface area contributed by atoms with Crippen LogP contribution in [-0.4, -0.2) is 31.3 Å². The molecule has 0 aliphatic rings. The van der Waals surface area contributed by atoms with E-state index in [0.717, 1.165) is 47.7 Å². The second-order valence-electron chi connectivity index (χ2n) is 7.19. The van der Waals surface area contributed by atoms with Crippen LogP contribution in [0.2, 0.25) is 0 Å². The van der Waals surface area contributed by atoms with Gasteiger partial charge in [-0.3, -0.25) is 9.88 Å². The maximum absolute atomic E-state index is 6.02. The molecule has 0 spiro atoms. The number of pyridine rings is 1. The van der Waals surface area contributed by atoms with Crippen molar-refractivity contribution in [2.24, 2.45) is 0 Å². The Hall–Kier alpha value is -2.77. The summed E-state index contributed by atoms with van der Waals surface area (Å²) in [4.78, 5) is 6.58. The van der Waals surface area contributed by atoms with Crippen molar-refractivity contribution in [1.29, 1.82) is 0 Å². The molecule has 3 heterocycles. The quantitative estimate of drug-likeness (QED) is 0.404. The maximum Gasteiger partial charge on any atom is 0.198 e. The minimum Gasteiger partial charge on any atom is -0.461 e. The normalized spacial score (nSPS) is 11.6. The maximum atomic E-state index is 6.02. The highest BCUT2D eigenvalue weighted by atomic mass is 32.1. The fourth-order valence-corrected chi connectivity index (χ4v) is 3.80. The third-order valence-electron chi connectivity index (χ3n) is 5.04. The fraction of sp³-hybridized carbons (Fsp3) is 0.318. The van der Waals surface area contributed by atoms with Gasteiger partial charge in [0.1, 0.15) is 17.7 Å². The van der Waals surface area contributed by atoms with Crippen LogP contribution in [-0.2, 0) is 32.6 Å². The Morgan fingerprint density at radius 2 is 1.97 bits per heavy atom. The molecule has 0 bridgehead atoms. The van der Waals surface area contributed by atoms with Crippen molar-refractivity contribution >= 4 is 23.2 Å². The van der Waals surface area contributed by atoms with Gasteiger partial charge in [-0.05, 0) is 37.5 Å². The van der Waals surface area contributed by atoms with Gasteiger partial charge in [-0.15, -0.1) is 0 Å². The van der Waals surface area contributed by atoms with Crippen molar-refractivity contribution in [2.75, 3.05) is 7.05 Å². The number of aryl methyl sites for hydroxylation is 3. The van der Waals surface area contributed by atoms with Gasteiger partial charge in [0.05, 0.1) is 6.67 Å². The Kier molecular flexibility index (Phi) is 5.87. The van der Waals surface area contributed by atoms with Crippen molar-refractivity contribution in [3.8, 4) is 0 Å². The smallest absolute Gasteiger partial charge is 0.198 e. The highest BCUT2D eigenvalue weighted by Gasteiger charge is 2.15. The average molecular weight is 408 g/mol. The van der Waals surface area contributed by atoms with Gasteiger partial charge >= 0.3 is 0 Å². The lowest BCUT2D eigenvalue weighted by molar-refractivity contribution is 0.242. The Balaban J connectivity index is 1.45. The molecule has 3 aromatic heterocycles. The van der Waals surface area contributed by atoms with E-state index in [1.807, 2.05) is 52.1 Å². The Bertz CT molecular complexity index is 1140. The van der Waals surface area contributed by atoms with E-state index >= 15 is 0 Å². The van der Waals surface area contributed by atoms with E-state index in [9.17, 15) is 0 Å². The summed E-state index contributed by atoms with van der Waals surface area (Å²) in [5, 5.41) is 5.67. The molecule has 0 fully saturated rings. The van der Waals surface area contributed by atoms with Crippen LogP contribution in [0.25, 0.3) is 11.0 Å². The molecule has 4 rings (SSSR count). The zero-order valence-electron chi connectivity index (χ0n) is 16.8. The van der Waals surface area contributed by atoms with E-state index in [4.69, 9.17) is 16.6 Å². The summed E-state index contributed by atoms with van der Waals surface area (Å²) in [6, 6.07) is 14.2. The van der Waals surface area contributed by atoms with Gasteiger partial charge in [-0.1, -0.05) is 31.2 Å². The molecular formula is C22H25N5OS. The van der Waals surface area contributed by atoms with Crippen molar-refractivity contribution in [3.63, 3.8) is 0 Å². The predicted molar refractivity (Wildman–Crippen MR) is 116 cm³/mol. The van der Waals surface area contributed by atoms with Crippen molar-refractivity contribution in [2.45, 2.75) is 39.5 Å². The molecule has 1 aromatic carbocycles. The van der Waals surface area contributed by atoms with Crippen LogP contribution in [0.1, 0.15) is 23.9 Å². The summed E-state index contributed by atoms with van der Waals surface area (Å²) < 4.78 is 10.6. The topological polar surface area (TPSA) is 52.0 Å². The SMILES string of the molecule is CCc1oc2ccccc2c1CN(C)Cn1ncn(CCc2ccccn2)c1=S. The second-order valence-corrected chi connectivity index (χ2v) is 7.55. The lowest BCUT2D eigenvalue weighted by Crippen LogP contribution is -2.23. The predicted octanol–water partition coefficient (Wildman–Crippen LogP) is 4.45. The summed E-state index contributed by atoms with van der Waals surface area (Å²) in [6.45, 7) is 4.30. The van der Waals surface area contributed by atoms with Gasteiger partial charge in [0.15, 0.2) is 4.77 Å². The number of hydrogen-bond acceptors (Lipinski definition) is 5. The van der Waals surface area contributed by atoms with E-state index < -0.39 is 0 Å². The summed E-state index contributed by atoms with van der Waals surface area (Å²) in [6.07, 6.45) is 5.33. The summed E-state index contributed by atoms with van der Waals surface area (Å²) >= 11 is 5.63. The molecule has 0 amide bonds. The number of furan rings is 1. The third kappa shape index (κ3) is 4.31. The number of fused-ring (bicyclic) bond motifs is 1. The number of hydrogen-bond donors (Lipinski definition) is 0. The molecule has 0 aliphatic heterocycles. The Morgan fingerprint density at radius 1 is 1.14 bits per heavy atom. The first-order chi connectivity index (χ1) is 14.2. The number of benzene rings is 1. The molecule has 29 heavy (non-hydrogen) atoms. The Labute approximate surface area is 175 Å². The van der Waals surface area contributed by atoms with Gasteiger partial charge < -0.3 is 8.98 Å². The van der Waals surface area contributed by atoms with E-state index in [2.05, 4.69) is 41.1 Å². The van der Waals surface area contributed by atoms with E-state index in [1.165, 1.54) is 10.9 Å². The summed E-state index contributed by atoms with van der Waals surface area (Å²) in [5.74, 6) is 1.04. The molecule has 0 saturated carbocycles. The van der Waals surface area contributed by atoms with E-state index in [-0.39, 0.29) is 0 Å². The molecule has 4 aromatic rings. The van der Waals surface area contributed by atoms with Crippen LogP contribution in [0.4, 0.5) is 0 Å². The third-order valence-corrected chi connectivity index (χ3v) is 5.48. The molecule has 150 valence electrons. The zero-order valence-corrected chi connectivity index (χ0v) is 17.6. The second kappa shape index (κ2) is 8.71. The first-order valence-corrected chi connectivity index (χ1v) is 10.3. The minimum absolute atomic E-state index is 0.623. The summed E-state index contributed by atoms with van der Waals surface area (Å²) in [7, 11) is 2.08. The molecule has 0 saturated heterocycles. The first-order valence-electron chi connectivity index (χ1n) is 9.85. The van der Waals surface area contributed by atoms with Crippen molar-refractivity contribution < 1.29 is 4.42 Å². The molecular weight excluding hydrogens is 382 g/mol. The van der Waals surface area contributed by atoms with Crippen LogP contribution in [0.3, 0.4) is 0 Å². The standard InChI is InChI=1S/C22H25N5OS/c1-3-20-19(18-9-4-5-10-21(18)28-20)14-25(2)16-27-22(29)26(15-24-27)13-11-17-8-6-7-12-23-17/h4-10,12,15H,3,11,13-14,16H2,1-2H3.